The van der Waals surface area contributed by atoms with Crippen molar-refractivity contribution >= 4 is 44.9 Å². The van der Waals surface area contributed by atoms with Crippen LogP contribution in [0.5, 0.6) is 0 Å². The van der Waals surface area contributed by atoms with E-state index in [-0.39, 0.29) is 23.8 Å². The van der Waals surface area contributed by atoms with E-state index in [9.17, 15) is 18.0 Å². The molecule has 0 bridgehead atoms. The fourth-order valence-corrected chi connectivity index (χ4v) is 5.32. The number of rotatable bonds is 5. The standard InChI is InChI=1S/C13H19ClN4O4S2/c1-2-15-13(20)16-11(19)9-17-5-7-18(8-6-17)24(21,22)12-4-3-10(14)23-12/h3-4H,2,5-9H2,1H3,(H2,15,16,19,20). The fourth-order valence-electron chi connectivity index (χ4n) is 2.27. The maximum Gasteiger partial charge on any atom is 0.321 e. The quantitative estimate of drug-likeness (QED) is 0.760. The Kier molecular flexibility index (Phi) is 6.58. The highest BCUT2D eigenvalue weighted by Crippen LogP contribution is 2.28. The van der Waals surface area contributed by atoms with E-state index in [1.54, 1.807) is 13.0 Å². The SMILES string of the molecule is CCNC(=O)NC(=O)CN1CCN(S(=O)(=O)c2ccc(Cl)s2)CC1. The van der Waals surface area contributed by atoms with Crippen LogP contribution in [0.25, 0.3) is 0 Å². The van der Waals surface area contributed by atoms with Crippen LogP contribution in [0.15, 0.2) is 16.3 Å². The van der Waals surface area contributed by atoms with Crippen LogP contribution in [-0.4, -0.2) is 68.8 Å². The lowest BCUT2D eigenvalue weighted by atomic mass is 10.3. The van der Waals surface area contributed by atoms with E-state index < -0.39 is 22.0 Å². The normalized spacial score (nSPS) is 16.8. The summed E-state index contributed by atoms with van der Waals surface area (Å²) in [5.74, 6) is -0.415. The number of hydrogen-bond donors (Lipinski definition) is 2. The van der Waals surface area contributed by atoms with Crippen LogP contribution < -0.4 is 10.6 Å². The zero-order chi connectivity index (χ0) is 17.7. The molecule has 0 atom stereocenters. The van der Waals surface area contributed by atoms with Crippen molar-refractivity contribution in [1.82, 2.24) is 19.8 Å². The topological polar surface area (TPSA) is 98.8 Å². The highest BCUT2D eigenvalue weighted by atomic mass is 35.5. The van der Waals surface area contributed by atoms with Gasteiger partial charge in [0.25, 0.3) is 10.0 Å². The number of sulfonamides is 1. The predicted molar refractivity (Wildman–Crippen MR) is 91.7 cm³/mol. The van der Waals surface area contributed by atoms with Gasteiger partial charge in [-0.05, 0) is 19.1 Å². The van der Waals surface area contributed by atoms with Crippen LogP contribution >= 0.6 is 22.9 Å². The number of thiophene rings is 1. The molecule has 24 heavy (non-hydrogen) atoms. The lowest BCUT2D eigenvalue weighted by Crippen LogP contribution is -2.52. The first-order valence-electron chi connectivity index (χ1n) is 7.38. The molecule has 8 nitrogen and oxygen atoms in total. The second kappa shape index (κ2) is 8.26. The van der Waals surface area contributed by atoms with Gasteiger partial charge in [0.2, 0.25) is 5.91 Å². The van der Waals surface area contributed by atoms with Crippen LogP contribution in [-0.2, 0) is 14.8 Å². The number of halogens is 1. The van der Waals surface area contributed by atoms with Gasteiger partial charge in [0, 0.05) is 32.7 Å². The Morgan fingerprint density at radius 1 is 1.25 bits per heavy atom. The summed E-state index contributed by atoms with van der Waals surface area (Å²) in [7, 11) is -3.54. The molecular formula is C13H19ClN4O4S2. The first kappa shape index (κ1) is 19.1. The van der Waals surface area contributed by atoms with Crippen LogP contribution in [0.1, 0.15) is 6.92 Å². The third-order valence-corrected chi connectivity index (χ3v) is 7.03. The zero-order valence-corrected chi connectivity index (χ0v) is 15.5. The Bertz CT molecular complexity index is 699. The van der Waals surface area contributed by atoms with Crippen LogP contribution in [0.3, 0.4) is 0 Å². The molecule has 0 saturated carbocycles. The third-order valence-electron chi connectivity index (χ3n) is 3.43. The van der Waals surface area contributed by atoms with Gasteiger partial charge in [0.05, 0.1) is 10.9 Å². The summed E-state index contributed by atoms with van der Waals surface area (Å²) >= 11 is 6.82. The molecule has 11 heteroatoms. The van der Waals surface area contributed by atoms with Gasteiger partial charge >= 0.3 is 6.03 Å². The van der Waals surface area contributed by atoms with Crippen molar-refractivity contribution in [3.05, 3.63) is 16.5 Å². The largest absolute Gasteiger partial charge is 0.338 e. The van der Waals surface area contributed by atoms with Crippen molar-refractivity contribution in [3.63, 3.8) is 0 Å². The van der Waals surface area contributed by atoms with Gasteiger partial charge in [0.15, 0.2) is 0 Å². The number of amides is 3. The van der Waals surface area contributed by atoms with Gasteiger partial charge in [0.1, 0.15) is 4.21 Å². The Labute approximate surface area is 149 Å². The predicted octanol–water partition coefficient (Wildman–Crippen LogP) is 0.553. The summed E-state index contributed by atoms with van der Waals surface area (Å²) in [5, 5.41) is 4.70. The number of nitrogens with zero attached hydrogens (tertiary/aromatic N) is 2. The summed E-state index contributed by atoms with van der Waals surface area (Å²) in [6, 6.07) is 2.52. The number of carbonyl (C=O) groups is 2. The van der Waals surface area contributed by atoms with Crippen molar-refractivity contribution in [2.75, 3.05) is 39.3 Å². The molecular weight excluding hydrogens is 376 g/mol. The van der Waals surface area contributed by atoms with E-state index in [0.717, 1.165) is 11.3 Å². The Morgan fingerprint density at radius 2 is 1.92 bits per heavy atom. The van der Waals surface area contributed by atoms with Gasteiger partial charge in [-0.15, -0.1) is 11.3 Å². The maximum absolute atomic E-state index is 12.5. The van der Waals surface area contributed by atoms with E-state index in [4.69, 9.17) is 11.6 Å². The van der Waals surface area contributed by atoms with E-state index >= 15 is 0 Å². The summed E-state index contributed by atoms with van der Waals surface area (Å²) in [6.45, 7) is 3.64. The molecule has 1 aliphatic heterocycles. The Hall–Kier alpha value is -1.20. The van der Waals surface area contributed by atoms with Crippen molar-refractivity contribution in [2.45, 2.75) is 11.1 Å². The molecule has 1 saturated heterocycles. The molecule has 2 N–H and O–H groups in total. The Morgan fingerprint density at radius 3 is 2.46 bits per heavy atom. The maximum atomic E-state index is 12.5. The van der Waals surface area contributed by atoms with Crippen LogP contribution in [0, 0.1) is 0 Å². The average molecular weight is 395 g/mol. The lowest BCUT2D eigenvalue weighted by molar-refractivity contribution is -0.121. The molecule has 3 amide bonds. The molecule has 134 valence electrons. The second-order valence-corrected chi connectivity index (χ2v) is 9.03. The number of nitrogens with one attached hydrogen (secondary N) is 2. The first-order chi connectivity index (χ1) is 11.3. The molecule has 1 fully saturated rings. The summed E-state index contributed by atoms with van der Waals surface area (Å²) in [6.07, 6.45) is 0. The van der Waals surface area contributed by atoms with Crippen molar-refractivity contribution in [3.8, 4) is 0 Å². The first-order valence-corrected chi connectivity index (χ1v) is 10.0. The minimum absolute atomic E-state index is 0.0514. The molecule has 2 rings (SSSR count). The molecule has 0 unspecified atom stereocenters. The van der Waals surface area contributed by atoms with Crippen molar-refractivity contribution in [2.24, 2.45) is 0 Å². The highest BCUT2D eigenvalue weighted by molar-refractivity contribution is 7.91. The number of hydrogen-bond acceptors (Lipinski definition) is 6. The van der Waals surface area contributed by atoms with Gasteiger partial charge in [-0.3, -0.25) is 15.0 Å². The number of urea groups is 1. The molecule has 0 aliphatic carbocycles. The molecule has 1 aliphatic rings. The van der Waals surface area contributed by atoms with Gasteiger partial charge in [-0.2, -0.15) is 4.31 Å². The Balaban J connectivity index is 1.85. The third kappa shape index (κ3) is 4.90. The monoisotopic (exact) mass is 394 g/mol. The van der Waals surface area contributed by atoms with Gasteiger partial charge in [-0.25, -0.2) is 13.2 Å². The summed E-state index contributed by atoms with van der Waals surface area (Å²) in [4.78, 5) is 24.8. The van der Waals surface area contributed by atoms with Gasteiger partial charge < -0.3 is 5.32 Å². The van der Waals surface area contributed by atoms with Gasteiger partial charge in [-0.1, -0.05) is 11.6 Å². The van der Waals surface area contributed by atoms with Crippen LogP contribution in [0.4, 0.5) is 4.79 Å². The molecule has 0 radical (unpaired) electrons. The summed E-state index contributed by atoms with van der Waals surface area (Å²) in [5.41, 5.74) is 0. The number of piperazine rings is 1. The van der Waals surface area contributed by atoms with Crippen molar-refractivity contribution in [1.29, 1.82) is 0 Å². The molecule has 0 spiro atoms. The second-order valence-electron chi connectivity index (χ2n) is 5.15. The number of carbonyl (C=O) groups excluding carboxylic acids is 2. The zero-order valence-electron chi connectivity index (χ0n) is 13.1. The van der Waals surface area contributed by atoms with E-state index in [1.165, 1.54) is 10.4 Å². The van der Waals surface area contributed by atoms with E-state index in [2.05, 4.69) is 10.6 Å². The van der Waals surface area contributed by atoms with Crippen LogP contribution in [0.2, 0.25) is 4.34 Å². The molecule has 1 aromatic heterocycles. The molecule has 2 heterocycles. The highest BCUT2D eigenvalue weighted by Gasteiger charge is 2.30. The van der Waals surface area contributed by atoms with Crippen molar-refractivity contribution < 1.29 is 18.0 Å². The van der Waals surface area contributed by atoms with E-state index in [1.807, 2.05) is 4.90 Å². The van der Waals surface area contributed by atoms with E-state index in [0.29, 0.717) is 24.0 Å². The minimum Gasteiger partial charge on any atom is -0.338 e. The lowest BCUT2D eigenvalue weighted by Gasteiger charge is -2.33. The minimum atomic E-state index is -3.54. The molecule has 0 aromatic carbocycles. The molecule has 1 aromatic rings. The summed E-state index contributed by atoms with van der Waals surface area (Å²) < 4.78 is 27.0. The average Bonchev–Trinajstić information content (AvgIpc) is 2.95. The number of imide groups is 1. The fraction of sp³-hybridized carbons (Fsp3) is 0.538. The smallest absolute Gasteiger partial charge is 0.321 e.